The highest BCUT2D eigenvalue weighted by Crippen LogP contribution is 2.30. The molecule has 15 heteroatoms. The standard InChI is InChI=1S/C25H26N4O8S3/c1-17-2-8-22(9-3-17)40(36,37)28(15-14-18-4-10-20(11-5-18)38(26,32)33)23-16-24(30)29(25(23)31)19-6-12-21(13-7-19)39(27,34)35/h2-13,23H,14-16H2,1H3,(H2,26,32,33)(H2,27,34,35). The molecule has 1 heterocycles. The topological polar surface area (TPSA) is 195 Å². The minimum absolute atomic E-state index is 0.0659. The summed E-state index contributed by atoms with van der Waals surface area (Å²) in [4.78, 5) is 26.9. The average molecular weight is 607 g/mol. The maximum atomic E-state index is 13.8. The van der Waals surface area contributed by atoms with Crippen LogP contribution in [0.2, 0.25) is 0 Å². The summed E-state index contributed by atoms with van der Waals surface area (Å²) < 4.78 is 74.7. The molecule has 4 rings (SSSR count). The number of anilines is 1. The Morgan fingerprint density at radius 2 is 1.23 bits per heavy atom. The van der Waals surface area contributed by atoms with Crippen LogP contribution in [0.3, 0.4) is 0 Å². The highest BCUT2D eigenvalue weighted by atomic mass is 32.2. The number of benzene rings is 3. The number of nitrogens with zero attached hydrogens (tertiary/aromatic N) is 2. The van der Waals surface area contributed by atoms with Gasteiger partial charge in [0.1, 0.15) is 6.04 Å². The van der Waals surface area contributed by atoms with Gasteiger partial charge in [-0.2, -0.15) is 4.31 Å². The smallest absolute Gasteiger partial charge is 0.252 e. The van der Waals surface area contributed by atoms with Crippen molar-refractivity contribution in [1.82, 2.24) is 4.31 Å². The zero-order chi connectivity index (χ0) is 29.5. The zero-order valence-electron chi connectivity index (χ0n) is 21.2. The molecule has 3 aromatic carbocycles. The van der Waals surface area contributed by atoms with Gasteiger partial charge in [-0.15, -0.1) is 0 Å². The molecule has 1 atom stereocenters. The highest BCUT2D eigenvalue weighted by Gasteiger charge is 2.46. The van der Waals surface area contributed by atoms with Gasteiger partial charge in [0.05, 0.1) is 26.8 Å². The Hall–Kier alpha value is -3.47. The van der Waals surface area contributed by atoms with Crippen LogP contribution in [0, 0.1) is 6.92 Å². The van der Waals surface area contributed by atoms with E-state index in [1.807, 2.05) is 0 Å². The summed E-state index contributed by atoms with van der Waals surface area (Å²) in [6, 6.07) is 15.0. The lowest BCUT2D eigenvalue weighted by atomic mass is 10.1. The Morgan fingerprint density at radius 3 is 1.73 bits per heavy atom. The van der Waals surface area contributed by atoms with Crippen LogP contribution >= 0.6 is 0 Å². The van der Waals surface area contributed by atoms with Gasteiger partial charge in [0.15, 0.2) is 0 Å². The fraction of sp³-hybridized carbons (Fsp3) is 0.200. The van der Waals surface area contributed by atoms with Crippen LogP contribution in [0.4, 0.5) is 5.69 Å². The van der Waals surface area contributed by atoms with Crippen molar-refractivity contribution in [3.8, 4) is 0 Å². The first-order valence-electron chi connectivity index (χ1n) is 11.8. The van der Waals surface area contributed by atoms with Crippen LogP contribution in [0.5, 0.6) is 0 Å². The second-order valence-electron chi connectivity index (χ2n) is 9.19. The molecule has 1 aliphatic heterocycles. The third-order valence-corrected chi connectivity index (χ3v) is 10.2. The molecule has 212 valence electrons. The van der Waals surface area contributed by atoms with Crippen molar-refractivity contribution in [2.45, 2.75) is 40.5 Å². The van der Waals surface area contributed by atoms with Gasteiger partial charge in [-0.05, 0) is 67.4 Å². The quantitative estimate of drug-likeness (QED) is 0.335. The number of rotatable bonds is 9. The SMILES string of the molecule is Cc1ccc(S(=O)(=O)N(CCc2ccc(S(N)(=O)=O)cc2)C2CC(=O)N(c3ccc(S(N)(=O)=O)cc3)C2=O)cc1. The van der Waals surface area contributed by atoms with E-state index < -0.39 is 54.3 Å². The molecule has 0 radical (unpaired) electrons. The van der Waals surface area contributed by atoms with Crippen molar-refractivity contribution in [1.29, 1.82) is 0 Å². The van der Waals surface area contributed by atoms with Crippen LogP contribution in [0.1, 0.15) is 17.5 Å². The lowest BCUT2D eigenvalue weighted by Crippen LogP contribution is -2.46. The van der Waals surface area contributed by atoms with E-state index in [0.717, 1.165) is 26.9 Å². The molecule has 0 saturated carbocycles. The van der Waals surface area contributed by atoms with Crippen LogP contribution in [-0.4, -0.2) is 54.0 Å². The summed E-state index contributed by atoms with van der Waals surface area (Å²) in [5, 5.41) is 10.3. The van der Waals surface area contributed by atoms with Crippen molar-refractivity contribution in [2.75, 3.05) is 11.4 Å². The summed E-state index contributed by atoms with van der Waals surface area (Å²) in [5.74, 6) is -1.46. The molecule has 12 nitrogen and oxygen atoms in total. The minimum atomic E-state index is -4.27. The predicted octanol–water partition coefficient (Wildman–Crippen LogP) is 0.855. The highest BCUT2D eigenvalue weighted by molar-refractivity contribution is 7.89. The molecule has 40 heavy (non-hydrogen) atoms. The number of imide groups is 1. The van der Waals surface area contributed by atoms with E-state index in [1.54, 1.807) is 19.1 Å². The van der Waals surface area contributed by atoms with Gasteiger partial charge >= 0.3 is 0 Å². The van der Waals surface area contributed by atoms with E-state index >= 15 is 0 Å². The van der Waals surface area contributed by atoms with Crippen LogP contribution < -0.4 is 15.2 Å². The number of amides is 2. The summed E-state index contributed by atoms with van der Waals surface area (Å²) in [7, 11) is -12.2. The fourth-order valence-electron chi connectivity index (χ4n) is 4.27. The molecule has 0 aliphatic carbocycles. The van der Waals surface area contributed by atoms with Gasteiger partial charge in [0.2, 0.25) is 36.0 Å². The maximum absolute atomic E-state index is 13.8. The zero-order valence-corrected chi connectivity index (χ0v) is 23.6. The summed E-state index contributed by atoms with van der Waals surface area (Å²) >= 11 is 0. The van der Waals surface area contributed by atoms with Gasteiger partial charge in [0.25, 0.3) is 5.91 Å². The second-order valence-corrected chi connectivity index (χ2v) is 14.2. The molecular weight excluding hydrogens is 580 g/mol. The molecule has 1 fully saturated rings. The van der Waals surface area contributed by atoms with E-state index in [0.29, 0.717) is 5.56 Å². The van der Waals surface area contributed by atoms with Gasteiger partial charge in [-0.1, -0.05) is 29.8 Å². The molecule has 4 N–H and O–H groups in total. The number of carbonyl (C=O) groups excluding carboxylic acids is 2. The number of hydrogen-bond donors (Lipinski definition) is 2. The van der Waals surface area contributed by atoms with Crippen molar-refractivity contribution < 1.29 is 34.8 Å². The van der Waals surface area contributed by atoms with Crippen molar-refractivity contribution in [3.63, 3.8) is 0 Å². The van der Waals surface area contributed by atoms with Gasteiger partial charge in [0, 0.05) is 6.54 Å². The Balaban J connectivity index is 1.68. The van der Waals surface area contributed by atoms with Gasteiger partial charge < -0.3 is 0 Å². The monoisotopic (exact) mass is 606 g/mol. The first-order valence-corrected chi connectivity index (χ1v) is 16.3. The Kier molecular flexibility index (Phi) is 7.99. The summed E-state index contributed by atoms with van der Waals surface area (Å²) in [5.41, 5.74) is 1.46. The lowest BCUT2D eigenvalue weighted by Gasteiger charge is -2.27. The average Bonchev–Trinajstić information content (AvgIpc) is 3.16. The predicted molar refractivity (Wildman–Crippen MR) is 145 cm³/mol. The molecule has 1 saturated heterocycles. The van der Waals surface area contributed by atoms with E-state index in [4.69, 9.17) is 10.3 Å². The van der Waals surface area contributed by atoms with Crippen LogP contribution in [0.25, 0.3) is 0 Å². The van der Waals surface area contributed by atoms with Crippen molar-refractivity contribution in [3.05, 3.63) is 83.9 Å². The molecule has 1 aliphatic rings. The maximum Gasteiger partial charge on any atom is 0.252 e. The fourth-order valence-corrected chi connectivity index (χ4v) is 6.88. The number of carbonyl (C=O) groups is 2. The van der Waals surface area contributed by atoms with E-state index in [-0.39, 0.29) is 33.3 Å². The minimum Gasteiger partial charge on any atom is -0.274 e. The first kappa shape index (κ1) is 29.5. The largest absolute Gasteiger partial charge is 0.274 e. The van der Waals surface area contributed by atoms with Crippen molar-refractivity contribution in [2.24, 2.45) is 10.3 Å². The van der Waals surface area contributed by atoms with Gasteiger partial charge in [-0.25, -0.2) is 40.4 Å². The molecule has 1 unspecified atom stereocenters. The van der Waals surface area contributed by atoms with Gasteiger partial charge in [-0.3, -0.25) is 9.59 Å². The van der Waals surface area contributed by atoms with E-state index in [2.05, 4.69) is 0 Å². The Labute approximate surface area is 232 Å². The summed E-state index contributed by atoms with van der Waals surface area (Å²) in [6.45, 7) is 1.59. The molecular formula is C25H26N4O8S3. The molecule has 2 amide bonds. The molecule has 3 aromatic rings. The third kappa shape index (κ3) is 6.14. The number of nitrogens with two attached hydrogens (primary N) is 2. The Bertz CT molecular complexity index is 1770. The number of aryl methyl sites for hydroxylation is 1. The van der Waals surface area contributed by atoms with Crippen molar-refractivity contribution >= 4 is 47.6 Å². The molecule has 0 aromatic heterocycles. The first-order chi connectivity index (χ1) is 18.6. The van der Waals surface area contributed by atoms with Crippen LogP contribution in [-0.2, 0) is 46.1 Å². The second kappa shape index (κ2) is 10.8. The number of primary sulfonamides is 2. The third-order valence-electron chi connectivity index (χ3n) is 6.39. The van der Waals surface area contributed by atoms with E-state index in [9.17, 15) is 34.8 Å². The van der Waals surface area contributed by atoms with E-state index in [1.165, 1.54) is 48.5 Å². The number of sulfonamides is 3. The molecule has 0 bridgehead atoms. The summed E-state index contributed by atoms with van der Waals surface area (Å²) in [6.07, 6.45) is -0.345. The Morgan fingerprint density at radius 1 is 0.750 bits per heavy atom. The normalized spacial score (nSPS) is 16.6. The molecule has 0 spiro atoms. The number of hydrogen-bond acceptors (Lipinski definition) is 8. The van der Waals surface area contributed by atoms with Crippen LogP contribution in [0.15, 0.2) is 87.5 Å². The lowest BCUT2D eigenvalue weighted by molar-refractivity contribution is -0.122.